The largest absolute Gasteiger partial charge is 0.299 e. The van der Waals surface area contributed by atoms with E-state index in [1.54, 1.807) is 17.0 Å². The Hall–Kier alpha value is -1.95. The molecule has 3 heterocycles. The predicted molar refractivity (Wildman–Crippen MR) is 106 cm³/mol. The summed E-state index contributed by atoms with van der Waals surface area (Å²) in [6, 6.07) is 1.70. The fourth-order valence-corrected chi connectivity index (χ4v) is 4.49. The highest BCUT2D eigenvalue weighted by Gasteiger charge is 2.25. The summed E-state index contributed by atoms with van der Waals surface area (Å²) < 4.78 is 3.89. The van der Waals surface area contributed by atoms with Crippen molar-refractivity contribution in [1.29, 1.82) is 0 Å². The number of hydrogen-bond acceptors (Lipinski definition) is 4. The number of likely N-dealkylation sites (tertiary alicyclic amines) is 1. The fourth-order valence-electron chi connectivity index (χ4n) is 4.49. The molecule has 27 heavy (non-hydrogen) atoms. The second kappa shape index (κ2) is 7.58. The van der Waals surface area contributed by atoms with Crippen molar-refractivity contribution in [3.8, 4) is 0 Å². The summed E-state index contributed by atoms with van der Waals surface area (Å²) >= 11 is 0. The van der Waals surface area contributed by atoms with Crippen LogP contribution in [0.5, 0.6) is 0 Å². The van der Waals surface area contributed by atoms with E-state index in [4.69, 9.17) is 5.10 Å². The Morgan fingerprint density at radius 3 is 2.70 bits per heavy atom. The highest BCUT2D eigenvalue weighted by molar-refractivity contribution is 5.30. The van der Waals surface area contributed by atoms with Crippen molar-refractivity contribution in [2.45, 2.75) is 65.0 Å². The summed E-state index contributed by atoms with van der Waals surface area (Å²) in [6.07, 6.45) is 7.60. The van der Waals surface area contributed by atoms with Crippen LogP contribution in [0, 0.1) is 5.92 Å². The maximum absolute atomic E-state index is 12.3. The van der Waals surface area contributed by atoms with Crippen LogP contribution < -0.4 is 5.56 Å². The Morgan fingerprint density at radius 1 is 1.22 bits per heavy atom. The minimum absolute atomic E-state index is 0.0848. The first-order valence-electron chi connectivity index (χ1n) is 10.3. The first kappa shape index (κ1) is 18.4. The van der Waals surface area contributed by atoms with E-state index in [0.29, 0.717) is 11.8 Å². The van der Waals surface area contributed by atoms with E-state index in [1.807, 2.05) is 0 Å². The molecule has 0 saturated carbocycles. The zero-order valence-corrected chi connectivity index (χ0v) is 16.8. The van der Waals surface area contributed by atoms with E-state index >= 15 is 0 Å². The van der Waals surface area contributed by atoms with Gasteiger partial charge in [0.1, 0.15) is 0 Å². The number of rotatable bonds is 5. The highest BCUT2D eigenvalue weighted by atomic mass is 16.1. The summed E-state index contributed by atoms with van der Waals surface area (Å²) in [5, 5.41) is 4.70. The van der Waals surface area contributed by atoms with E-state index in [9.17, 15) is 4.79 Å². The molecule has 4 rings (SSSR count). The lowest BCUT2D eigenvalue weighted by Gasteiger charge is -2.32. The average Bonchev–Trinajstić information content (AvgIpc) is 3.20. The molecule has 0 spiro atoms. The van der Waals surface area contributed by atoms with Gasteiger partial charge in [-0.3, -0.25) is 18.9 Å². The van der Waals surface area contributed by atoms with Gasteiger partial charge in [0.15, 0.2) is 0 Å². The van der Waals surface area contributed by atoms with Crippen molar-refractivity contribution in [1.82, 2.24) is 24.2 Å². The van der Waals surface area contributed by atoms with Gasteiger partial charge >= 0.3 is 0 Å². The van der Waals surface area contributed by atoms with Gasteiger partial charge in [-0.15, -0.1) is 0 Å². The van der Waals surface area contributed by atoms with Crippen LogP contribution in [-0.4, -0.2) is 37.3 Å². The Balaban J connectivity index is 1.34. The Kier molecular flexibility index (Phi) is 5.17. The van der Waals surface area contributed by atoms with Crippen LogP contribution in [0.4, 0.5) is 0 Å². The summed E-state index contributed by atoms with van der Waals surface area (Å²) in [7, 11) is 2.08. The Morgan fingerprint density at radius 2 is 2.00 bits per heavy atom. The highest BCUT2D eigenvalue weighted by Crippen LogP contribution is 2.27. The summed E-state index contributed by atoms with van der Waals surface area (Å²) in [4.78, 5) is 19.3. The van der Waals surface area contributed by atoms with Gasteiger partial charge in [-0.2, -0.15) is 5.10 Å². The summed E-state index contributed by atoms with van der Waals surface area (Å²) in [6.45, 7) is 8.13. The van der Waals surface area contributed by atoms with Gasteiger partial charge in [-0.1, -0.05) is 13.8 Å². The number of hydrogen-bond donors (Lipinski definition) is 0. The molecular weight excluding hydrogens is 338 g/mol. The second-order valence-corrected chi connectivity index (χ2v) is 8.53. The number of nitrogens with zero attached hydrogens (tertiary/aromatic N) is 5. The minimum Gasteiger partial charge on any atom is -0.299 e. The molecule has 1 aliphatic carbocycles. The summed E-state index contributed by atoms with van der Waals surface area (Å²) in [5.41, 5.74) is 5.20. The van der Waals surface area contributed by atoms with Crippen molar-refractivity contribution in [2.24, 2.45) is 13.0 Å². The Bertz CT molecular complexity index is 858. The van der Waals surface area contributed by atoms with Crippen LogP contribution in [-0.2, 0) is 33.0 Å². The van der Waals surface area contributed by atoms with E-state index in [-0.39, 0.29) is 5.56 Å². The molecule has 2 aromatic rings. The third-order valence-corrected chi connectivity index (χ3v) is 6.23. The standard InChI is InChI=1S/C21H31N5O/c1-15(2)19-11-21(27)26(14-22-19)12-16-7-9-25(10-8-16)13-20-17-5-4-6-18(17)23-24(20)3/h11,14-16H,4-10,12-13H2,1-3H3. The monoisotopic (exact) mass is 369 g/mol. The number of aromatic nitrogens is 4. The van der Waals surface area contributed by atoms with Gasteiger partial charge in [0.2, 0.25) is 0 Å². The van der Waals surface area contributed by atoms with Crippen molar-refractivity contribution in [3.05, 3.63) is 45.4 Å². The van der Waals surface area contributed by atoms with E-state index in [2.05, 4.69) is 35.5 Å². The lowest BCUT2D eigenvalue weighted by molar-refractivity contribution is 0.162. The van der Waals surface area contributed by atoms with Crippen molar-refractivity contribution < 1.29 is 0 Å². The van der Waals surface area contributed by atoms with Gasteiger partial charge in [-0.25, -0.2) is 4.98 Å². The fraction of sp³-hybridized carbons (Fsp3) is 0.667. The molecule has 2 aromatic heterocycles. The molecule has 0 unspecified atom stereocenters. The SMILES string of the molecule is CC(C)c1cc(=O)n(CC2CCN(Cc3c4c(nn3C)CCC4)CC2)cn1. The van der Waals surface area contributed by atoms with Crippen LogP contribution in [0.25, 0.3) is 0 Å². The Labute approximate surface area is 161 Å². The maximum Gasteiger partial charge on any atom is 0.253 e. The predicted octanol–water partition coefficient (Wildman–Crippen LogP) is 2.50. The molecule has 0 N–H and O–H groups in total. The zero-order chi connectivity index (χ0) is 19.0. The quantitative estimate of drug-likeness (QED) is 0.813. The summed E-state index contributed by atoms with van der Waals surface area (Å²) in [5.74, 6) is 0.854. The second-order valence-electron chi connectivity index (χ2n) is 8.53. The van der Waals surface area contributed by atoms with E-state index < -0.39 is 0 Å². The first-order chi connectivity index (χ1) is 13.0. The molecule has 2 aliphatic rings. The lowest BCUT2D eigenvalue weighted by Crippen LogP contribution is -2.36. The molecule has 0 radical (unpaired) electrons. The third kappa shape index (κ3) is 3.86. The minimum atomic E-state index is 0.0848. The van der Waals surface area contributed by atoms with Crippen molar-refractivity contribution >= 4 is 0 Å². The van der Waals surface area contributed by atoms with Gasteiger partial charge < -0.3 is 0 Å². The van der Waals surface area contributed by atoms with Crippen LogP contribution >= 0.6 is 0 Å². The molecule has 6 heteroatoms. The smallest absolute Gasteiger partial charge is 0.253 e. The van der Waals surface area contributed by atoms with Gasteiger partial charge in [0, 0.05) is 26.2 Å². The van der Waals surface area contributed by atoms with Gasteiger partial charge in [-0.05, 0) is 62.6 Å². The average molecular weight is 370 g/mol. The van der Waals surface area contributed by atoms with Gasteiger partial charge in [0.05, 0.1) is 23.4 Å². The molecule has 1 aliphatic heterocycles. The molecule has 1 saturated heterocycles. The first-order valence-corrected chi connectivity index (χ1v) is 10.3. The zero-order valence-electron chi connectivity index (χ0n) is 16.8. The molecule has 0 aromatic carbocycles. The van der Waals surface area contributed by atoms with Crippen LogP contribution in [0.15, 0.2) is 17.2 Å². The van der Waals surface area contributed by atoms with Crippen LogP contribution in [0.3, 0.4) is 0 Å². The molecular formula is C21H31N5O. The normalized spacial score (nSPS) is 18.4. The topological polar surface area (TPSA) is 56.0 Å². The van der Waals surface area contributed by atoms with E-state index in [1.165, 1.54) is 29.8 Å². The lowest BCUT2D eigenvalue weighted by atomic mass is 9.96. The van der Waals surface area contributed by atoms with Gasteiger partial charge in [0.25, 0.3) is 5.56 Å². The van der Waals surface area contributed by atoms with Crippen LogP contribution in [0.1, 0.15) is 61.7 Å². The molecule has 0 bridgehead atoms. The maximum atomic E-state index is 12.3. The molecule has 146 valence electrons. The molecule has 0 amide bonds. The molecule has 0 atom stereocenters. The third-order valence-electron chi connectivity index (χ3n) is 6.23. The molecule has 1 fully saturated rings. The van der Waals surface area contributed by atoms with Crippen molar-refractivity contribution in [3.63, 3.8) is 0 Å². The van der Waals surface area contributed by atoms with E-state index in [0.717, 1.165) is 51.1 Å². The number of fused-ring (bicyclic) bond motifs is 1. The number of aryl methyl sites for hydroxylation is 2. The molecule has 6 nitrogen and oxygen atoms in total. The van der Waals surface area contributed by atoms with Crippen molar-refractivity contribution in [2.75, 3.05) is 13.1 Å². The van der Waals surface area contributed by atoms with Crippen LogP contribution in [0.2, 0.25) is 0 Å². The number of piperidine rings is 1.